The zero-order valence-electron chi connectivity index (χ0n) is 13.9. The lowest BCUT2D eigenvalue weighted by Gasteiger charge is -2.11. The Morgan fingerprint density at radius 3 is 2.48 bits per heavy atom. The van der Waals surface area contributed by atoms with Gasteiger partial charge in [0.1, 0.15) is 11.5 Å². The molecule has 1 amide bonds. The fraction of sp³-hybridized carbons (Fsp3) is 0.316. The van der Waals surface area contributed by atoms with Crippen LogP contribution in [-0.2, 0) is 9.53 Å². The summed E-state index contributed by atoms with van der Waals surface area (Å²) in [6.07, 6.45) is 2.42. The minimum absolute atomic E-state index is 0. The molecule has 1 heterocycles. The number of nitrogens with one attached hydrogen (secondary N) is 2. The van der Waals surface area contributed by atoms with Crippen LogP contribution in [0.2, 0.25) is 0 Å². The van der Waals surface area contributed by atoms with Gasteiger partial charge in [0, 0.05) is 18.8 Å². The zero-order chi connectivity index (χ0) is 16.6. The Hall–Kier alpha value is -2.08. The lowest BCUT2D eigenvalue weighted by atomic mass is 10.2. The molecule has 5 nitrogen and oxygen atoms in total. The number of rotatable bonds is 7. The number of carbonyl (C=O) groups excluding carboxylic acids is 1. The molecule has 0 bridgehead atoms. The van der Waals surface area contributed by atoms with Crippen molar-refractivity contribution in [2.24, 2.45) is 0 Å². The number of halogens is 1. The molecule has 3 rings (SSSR count). The highest BCUT2D eigenvalue weighted by molar-refractivity contribution is 5.92. The molecule has 1 fully saturated rings. The number of carbonyl (C=O) groups is 1. The largest absolute Gasteiger partial charge is 0.457 e. The van der Waals surface area contributed by atoms with Crippen molar-refractivity contribution in [1.82, 2.24) is 5.32 Å². The molecule has 134 valence electrons. The highest BCUT2D eigenvalue weighted by atomic mass is 35.5. The first-order chi connectivity index (χ1) is 11.8. The second kappa shape index (κ2) is 10.0. The van der Waals surface area contributed by atoms with E-state index in [-0.39, 0.29) is 31.0 Å². The van der Waals surface area contributed by atoms with Gasteiger partial charge >= 0.3 is 0 Å². The van der Waals surface area contributed by atoms with Crippen molar-refractivity contribution < 1.29 is 14.3 Å². The second-order valence-electron chi connectivity index (χ2n) is 5.75. The van der Waals surface area contributed by atoms with Crippen LogP contribution in [0.3, 0.4) is 0 Å². The fourth-order valence-corrected chi connectivity index (χ4v) is 2.59. The van der Waals surface area contributed by atoms with Crippen LogP contribution < -0.4 is 15.4 Å². The maximum Gasteiger partial charge on any atom is 0.238 e. The molecule has 0 spiro atoms. The molecule has 1 unspecified atom stereocenters. The van der Waals surface area contributed by atoms with Crippen molar-refractivity contribution in [3.63, 3.8) is 0 Å². The van der Waals surface area contributed by atoms with E-state index in [9.17, 15) is 4.79 Å². The summed E-state index contributed by atoms with van der Waals surface area (Å²) in [6, 6.07) is 16.9. The van der Waals surface area contributed by atoms with Gasteiger partial charge in [0.05, 0.1) is 12.6 Å². The lowest BCUT2D eigenvalue weighted by Crippen LogP contribution is -2.33. The van der Waals surface area contributed by atoms with E-state index in [1.165, 1.54) is 0 Å². The van der Waals surface area contributed by atoms with E-state index in [2.05, 4.69) is 10.6 Å². The molecule has 2 aromatic carbocycles. The number of ether oxygens (including phenoxy) is 2. The van der Waals surface area contributed by atoms with Crippen LogP contribution in [0, 0.1) is 0 Å². The van der Waals surface area contributed by atoms with Gasteiger partial charge in [-0.2, -0.15) is 0 Å². The molecule has 0 aliphatic carbocycles. The minimum atomic E-state index is -0.0651. The van der Waals surface area contributed by atoms with Gasteiger partial charge < -0.3 is 20.1 Å². The lowest BCUT2D eigenvalue weighted by molar-refractivity contribution is -0.115. The molecule has 0 aromatic heterocycles. The van der Waals surface area contributed by atoms with Crippen LogP contribution >= 0.6 is 12.4 Å². The molecular weight excluding hydrogens is 340 g/mol. The van der Waals surface area contributed by atoms with Gasteiger partial charge in [-0.05, 0) is 49.2 Å². The van der Waals surface area contributed by atoms with Crippen molar-refractivity contribution in [2.75, 3.05) is 25.0 Å². The minimum Gasteiger partial charge on any atom is -0.457 e. The van der Waals surface area contributed by atoms with Gasteiger partial charge in [-0.15, -0.1) is 12.4 Å². The van der Waals surface area contributed by atoms with Gasteiger partial charge in [0.25, 0.3) is 0 Å². The van der Waals surface area contributed by atoms with Crippen molar-refractivity contribution in [3.8, 4) is 11.5 Å². The van der Waals surface area contributed by atoms with Crippen LogP contribution in [0.5, 0.6) is 11.5 Å². The molecule has 6 heteroatoms. The number of hydrogen-bond donors (Lipinski definition) is 2. The quantitative estimate of drug-likeness (QED) is 0.790. The number of benzene rings is 2. The Morgan fingerprint density at radius 1 is 1.08 bits per heavy atom. The average Bonchev–Trinajstić information content (AvgIpc) is 3.11. The smallest absolute Gasteiger partial charge is 0.238 e. The van der Waals surface area contributed by atoms with E-state index in [1.54, 1.807) is 0 Å². The SMILES string of the molecule is Cl.O=C(CNCC1CCCO1)Nc1ccc(Oc2ccccc2)cc1. The summed E-state index contributed by atoms with van der Waals surface area (Å²) < 4.78 is 11.2. The van der Waals surface area contributed by atoms with Crippen LogP contribution in [0.25, 0.3) is 0 Å². The van der Waals surface area contributed by atoms with Gasteiger partial charge in [-0.25, -0.2) is 0 Å². The topological polar surface area (TPSA) is 59.6 Å². The molecular formula is C19H23ClN2O3. The normalized spacial score (nSPS) is 16.1. The summed E-state index contributed by atoms with van der Waals surface area (Å²) in [5.74, 6) is 1.45. The second-order valence-corrected chi connectivity index (χ2v) is 5.75. The predicted octanol–water partition coefficient (Wildman–Crippen LogP) is 3.61. The Bertz CT molecular complexity index is 643. The maximum absolute atomic E-state index is 11.9. The Labute approximate surface area is 154 Å². The Kier molecular flexibility index (Phi) is 7.73. The average molecular weight is 363 g/mol. The van der Waals surface area contributed by atoms with Crippen molar-refractivity contribution in [1.29, 1.82) is 0 Å². The summed E-state index contributed by atoms with van der Waals surface area (Å²) in [6.45, 7) is 1.83. The molecule has 1 saturated heterocycles. The maximum atomic E-state index is 11.9. The van der Waals surface area contributed by atoms with Gasteiger partial charge in [0.15, 0.2) is 0 Å². The van der Waals surface area contributed by atoms with Crippen LogP contribution in [0.1, 0.15) is 12.8 Å². The third-order valence-corrected chi connectivity index (χ3v) is 3.80. The molecule has 1 aliphatic rings. The van der Waals surface area contributed by atoms with Gasteiger partial charge in [-0.1, -0.05) is 18.2 Å². The molecule has 0 radical (unpaired) electrons. The van der Waals surface area contributed by atoms with E-state index in [1.807, 2.05) is 54.6 Å². The summed E-state index contributed by atoms with van der Waals surface area (Å²) >= 11 is 0. The predicted molar refractivity (Wildman–Crippen MR) is 101 cm³/mol. The highest BCUT2D eigenvalue weighted by Crippen LogP contribution is 2.22. The van der Waals surface area contributed by atoms with Crippen LogP contribution in [0.15, 0.2) is 54.6 Å². The van der Waals surface area contributed by atoms with E-state index < -0.39 is 0 Å². The third-order valence-electron chi connectivity index (χ3n) is 3.80. The monoisotopic (exact) mass is 362 g/mol. The van der Waals surface area contributed by atoms with Gasteiger partial charge in [-0.3, -0.25) is 4.79 Å². The summed E-state index contributed by atoms with van der Waals surface area (Å²) in [5, 5.41) is 5.99. The van der Waals surface area contributed by atoms with E-state index in [0.717, 1.165) is 43.2 Å². The summed E-state index contributed by atoms with van der Waals surface area (Å²) in [4.78, 5) is 11.9. The molecule has 1 aliphatic heterocycles. The third kappa shape index (κ3) is 6.38. The van der Waals surface area contributed by atoms with Crippen molar-refractivity contribution in [2.45, 2.75) is 18.9 Å². The molecule has 2 N–H and O–H groups in total. The first-order valence-corrected chi connectivity index (χ1v) is 8.25. The number of amides is 1. The summed E-state index contributed by atoms with van der Waals surface area (Å²) in [7, 11) is 0. The van der Waals surface area contributed by atoms with Crippen LogP contribution in [0.4, 0.5) is 5.69 Å². The molecule has 1 atom stereocenters. The molecule has 2 aromatic rings. The first-order valence-electron chi connectivity index (χ1n) is 8.25. The van der Waals surface area contributed by atoms with Crippen molar-refractivity contribution >= 4 is 24.0 Å². The first kappa shape index (κ1) is 19.2. The molecule has 25 heavy (non-hydrogen) atoms. The Morgan fingerprint density at radius 2 is 1.80 bits per heavy atom. The Balaban J connectivity index is 0.00000225. The number of para-hydroxylation sites is 1. The highest BCUT2D eigenvalue weighted by Gasteiger charge is 2.15. The van der Waals surface area contributed by atoms with E-state index >= 15 is 0 Å². The number of anilines is 1. The van der Waals surface area contributed by atoms with E-state index in [0.29, 0.717) is 0 Å². The van der Waals surface area contributed by atoms with Gasteiger partial charge in [0.2, 0.25) is 5.91 Å². The summed E-state index contributed by atoms with van der Waals surface area (Å²) in [5.41, 5.74) is 0.749. The van der Waals surface area contributed by atoms with Crippen LogP contribution in [-0.4, -0.2) is 31.7 Å². The fourth-order valence-electron chi connectivity index (χ4n) is 2.59. The van der Waals surface area contributed by atoms with Crippen molar-refractivity contribution in [3.05, 3.63) is 54.6 Å². The zero-order valence-corrected chi connectivity index (χ0v) is 14.8. The van der Waals surface area contributed by atoms with E-state index in [4.69, 9.17) is 9.47 Å². The number of hydrogen-bond acceptors (Lipinski definition) is 4. The standard InChI is InChI=1S/C19H22N2O3.ClH/c22-19(14-20-13-18-7-4-12-23-18)21-15-8-10-17(11-9-15)24-16-5-2-1-3-6-16;/h1-3,5-6,8-11,18,20H,4,7,12-14H2,(H,21,22);1H. The molecule has 0 saturated carbocycles.